The largest absolute Gasteiger partial charge is 0.387 e. The molecule has 0 unspecified atom stereocenters. The summed E-state index contributed by atoms with van der Waals surface area (Å²) in [4.78, 5) is 0. The van der Waals surface area contributed by atoms with Crippen LogP contribution in [-0.2, 0) is 12.8 Å². The van der Waals surface area contributed by atoms with Gasteiger partial charge in [-0.2, -0.15) is 0 Å². The van der Waals surface area contributed by atoms with E-state index in [1.807, 2.05) is 0 Å². The second-order valence-corrected chi connectivity index (χ2v) is 5.77. The van der Waals surface area contributed by atoms with Gasteiger partial charge in [-0.3, -0.25) is 0 Å². The van der Waals surface area contributed by atoms with Crippen LogP contribution in [0.4, 0.5) is 0 Å². The highest BCUT2D eigenvalue weighted by atomic mass is 14.9. The molecular formula is C17H27N. The number of aryl methyl sites for hydroxylation is 1. The van der Waals surface area contributed by atoms with Crippen molar-refractivity contribution in [1.29, 1.82) is 0 Å². The highest BCUT2D eigenvalue weighted by molar-refractivity contribution is 5.28. The second-order valence-electron chi connectivity index (χ2n) is 5.77. The molecule has 1 heteroatoms. The molecule has 100 valence electrons. The lowest BCUT2D eigenvalue weighted by Crippen LogP contribution is -2.21. The van der Waals surface area contributed by atoms with Gasteiger partial charge in [-0.05, 0) is 50.2 Å². The van der Waals surface area contributed by atoms with Gasteiger partial charge in [-0.1, -0.05) is 44.7 Å². The van der Waals surface area contributed by atoms with Gasteiger partial charge in [0.15, 0.2) is 0 Å². The van der Waals surface area contributed by atoms with Gasteiger partial charge in [0.2, 0.25) is 0 Å². The van der Waals surface area contributed by atoms with E-state index in [0.29, 0.717) is 12.0 Å². The number of allylic oxidation sites excluding steroid dienone is 1. The molecule has 0 bridgehead atoms. The number of hydrogen-bond acceptors (Lipinski definition) is 1. The average molecular weight is 245 g/mol. The Morgan fingerprint density at radius 1 is 1.11 bits per heavy atom. The lowest BCUT2D eigenvalue weighted by molar-refractivity contribution is 0.631. The minimum atomic E-state index is 0.475. The summed E-state index contributed by atoms with van der Waals surface area (Å²) in [6.45, 7) is 12.9. The summed E-state index contributed by atoms with van der Waals surface area (Å²) in [5, 5.41) is 3.38. The van der Waals surface area contributed by atoms with E-state index >= 15 is 0 Å². The van der Waals surface area contributed by atoms with Crippen LogP contribution in [0.1, 0.15) is 45.2 Å². The molecule has 18 heavy (non-hydrogen) atoms. The molecule has 1 N–H and O–H groups in total. The highest BCUT2D eigenvalue weighted by Gasteiger charge is 2.05. The summed E-state index contributed by atoms with van der Waals surface area (Å²) in [6.07, 6.45) is 3.27. The van der Waals surface area contributed by atoms with Gasteiger partial charge < -0.3 is 5.32 Å². The zero-order chi connectivity index (χ0) is 13.5. The maximum Gasteiger partial charge on any atom is 0.0201 e. The SMILES string of the molecule is C=C(CCc1ccccc1CC(C)C)NC(C)C. The van der Waals surface area contributed by atoms with Gasteiger partial charge in [0, 0.05) is 11.7 Å². The first-order valence-electron chi connectivity index (χ1n) is 7.00. The Kier molecular flexibility index (Phi) is 5.97. The first-order chi connectivity index (χ1) is 8.49. The molecule has 0 spiro atoms. The fourth-order valence-corrected chi connectivity index (χ4v) is 2.21. The van der Waals surface area contributed by atoms with Crippen molar-refractivity contribution in [2.24, 2.45) is 5.92 Å². The summed E-state index contributed by atoms with van der Waals surface area (Å²) in [7, 11) is 0. The first kappa shape index (κ1) is 14.8. The first-order valence-corrected chi connectivity index (χ1v) is 7.00. The Hall–Kier alpha value is -1.24. The Bertz CT molecular complexity index is 377. The maximum absolute atomic E-state index is 4.09. The third-order valence-corrected chi connectivity index (χ3v) is 2.94. The lowest BCUT2D eigenvalue weighted by atomic mass is 9.95. The van der Waals surface area contributed by atoms with Crippen molar-refractivity contribution in [3.8, 4) is 0 Å². The Morgan fingerprint density at radius 2 is 1.72 bits per heavy atom. The monoisotopic (exact) mass is 245 g/mol. The van der Waals surface area contributed by atoms with E-state index in [1.54, 1.807) is 0 Å². The third kappa shape index (κ3) is 5.39. The summed E-state index contributed by atoms with van der Waals surface area (Å²) < 4.78 is 0. The molecule has 0 saturated carbocycles. The van der Waals surface area contributed by atoms with Crippen LogP contribution in [0.5, 0.6) is 0 Å². The van der Waals surface area contributed by atoms with E-state index in [4.69, 9.17) is 0 Å². The summed E-state index contributed by atoms with van der Waals surface area (Å²) in [6, 6.07) is 9.26. The summed E-state index contributed by atoms with van der Waals surface area (Å²) >= 11 is 0. The molecule has 0 aliphatic heterocycles. The maximum atomic E-state index is 4.09. The predicted molar refractivity (Wildman–Crippen MR) is 80.7 cm³/mol. The van der Waals surface area contributed by atoms with Crippen molar-refractivity contribution in [3.63, 3.8) is 0 Å². The Balaban J connectivity index is 2.58. The summed E-state index contributed by atoms with van der Waals surface area (Å²) in [5.74, 6) is 0.711. The van der Waals surface area contributed by atoms with Gasteiger partial charge in [-0.25, -0.2) is 0 Å². The van der Waals surface area contributed by atoms with Crippen molar-refractivity contribution >= 4 is 0 Å². The molecule has 0 aliphatic carbocycles. The molecule has 0 amide bonds. The van der Waals surface area contributed by atoms with Gasteiger partial charge in [-0.15, -0.1) is 0 Å². The molecule has 0 aromatic heterocycles. The molecule has 1 aromatic rings. The van der Waals surface area contributed by atoms with Crippen molar-refractivity contribution in [3.05, 3.63) is 47.7 Å². The standard InChI is InChI=1S/C17H27N/c1-13(2)12-17-9-7-6-8-16(17)11-10-15(5)18-14(3)4/h6-9,13-14,18H,5,10-12H2,1-4H3. The van der Waals surface area contributed by atoms with Gasteiger partial charge >= 0.3 is 0 Å². The topological polar surface area (TPSA) is 12.0 Å². The fraction of sp³-hybridized carbons (Fsp3) is 0.529. The number of nitrogens with one attached hydrogen (secondary N) is 1. The highest BCUT2D eigenvalue weighted by Crippen LogP contribution is 2.16. The van der Waals surface area contributed by atoms with Crippen LogP contribution in [0.3, 0.4) is 0 Å². The summed E-state index contributed by atoms with van der Waals surface area (Å²) in [5.41, 5.74) is 4.10. The zero-order valence-electron chi connectivity index (χ0n) is 12.3. The molecular weight excluding hydrogens is 218 g/mol. The van der Waals surface area contributed by atoms with Crippen LogP contribution in [0, 0.1) is 5.92 Å². The van der Waals surface area contributed by atoms with Crippen LogP contribution >= 0.6 is 0 Å². The van der Waals surface area contributed by atoms with E-state index in [1.165, 1.54) is 17.5 Å². The normalized spacial score (nSPS) is 11.0. The molecule has 0 fully saturated rings. The fourth-order valence-electron chi connectivity index (χ4n) is 2.21. The van der Waals surface area contributed by atoms with Crippen molar-refractivity contribution in [2.45, 2.75) is 53.0 Å². The van der Waals surface area contributed by atoms with E-state index in [9.17, 15) is 0 Å². The molecule has 1 aromatic carbocycles. The zero-order valence-corrected chi connectivity index (χ0v) is 12.3. The van der Waals surface area contributed by atoms with Crippen LogP contribution in [0.15, 0.2) is 36.5 Å². The Labute approximate surface area is 112 Å². The third-order valence-electron chi connectivity index (χ3n) is 2.94. The molecule has 0 atom stereocenters. The smallest absolute Gasteiger partial charge is 0.0201 e. The Morgan fingerprint density at radius 3 is 2.28 bits per heavy atom. The van der Waals surface area contributed by atoms with Gasteiger partial charge in [0.1, 0.15) is 0 Å². The molecule has 0 aliphatic rings. The van der Waals surface area contributed by atoms with E-state index < -0.39 is 0 Å². The van der Waals surface area contributed by atoms with Crippen molar-refractivity contribution < 1.29 is 0 Å². The van der Waals surface area contributed by atoms with E-state index in [2.05, 4.69) is 63.9 Å². The minimum absolute atomic E-state index is 0.475. The molecule has 1 nitrogen and oxygen atoms in total. The van der Waals surface area contributed by atoms with Crippen LogP contribution < -0.4 is 5.32 Å². The van der Waals surface area contributed by atoms with Crippen LogP contribution in [0.2, 0.25) is 0 Å². The van der Waals surface area contributed by atoms with Crippen LogP contribution in [-0.4, -0.2) is 6.04 Å². The van der Waals surface area contributed by atoms with Gasteiger partial charge in [0.25, 0.3) is 0 Å². The molecule has 0 saturated heterocycles. The van der Waals surface area contributed by atoms with Crippen molar-refractivity contribution in [2.75, 3.05) is 0 Å². The molecule has 0 heterocycles. The number of rotatable bonds is 7. The predicted octanol–water partition coefficient (Wildman–Crippen LogP) is 4.33. The van der Waals surface area contributed by atoms with Crippen molar-refractivity contribution in [1.82, 2.24) is 5.32 Å². The minimum Gasteiger partial charge on any atom is -0.387 e. The second kappa shape index (κ2) is 7.25. The lowest BCUT2D eigenvalue weighted by Gasteiger charge is -2.15. The number of hydrogen-bond donors (Lipinski definition) is 1. The average Bonchev–Trinajstić information content (AvgIpc) is 2.26. The molecule has 1 rings (SSSR count). The van der Waals surface area contributed by atoms with Gasteiger partial charge in [0.05, 0.1) is 0 Å². The number of benzene rings is 1. The van der Waals surface area contributed by atoms with E-state index in [0.717, 1.165) is 18.5 Å². The molecule has 0 radical (unpaired) electrons. The van der Waals surface area contributed by atoms with E-state index in [-0.39, 0.29) is 0 Å². The quantitative estimate of drug-likeness (QED) is 0.754. The van der Waals surface area contributed by atoms with Crippen LogP contribution in [0.25, 0.3) is 0 Å².